The summed E-state index contributed by atoms with van der Waals surface area (Å²) in [6.45, 7) is 0. The van der Waals surface area contributed by atoms with E-state index in [0.29, 0.717) is 5.69 Å². The molecule has 0 bridgehead atoms. The molecule has 3 heteroatoms. The molecule has 2 nitrogen and oxygen atoms in total. The van der Waals surface area contributed by atoms with Crippen LogP contribution in [0.3, 0.4) is 0 Å². The van der Waals surface area contributed by atoms with Gasteiger partial charge in [-0.1, -0.05) is 34.1 Å². The number of methoxy groups -OCH3 is 1. The van der Waals surface area contributed by atoms with Crippen LogP contribution in [0.15, 0.2) is 24.3 Å². The number of nitrogen functional groups attached to an aromatic ring is 1. The zero-order valence-electron chi connectivity index (χ0n) is 8.16. The number of anilines is 1. The van der Waals surface area contributed by atoms with Crippen LogP contribution in [0, 0.1) is 0 Å². The Labute approximate surface area is 92.9 Å². The fourth-order valence-corrected chi connectivity index (χ4v) is 1.38. The third kappa shape index (κ3) is 3.07. The minimum atomic E-state index is 0.671. The van der Waals surface area contributed by atoms with Crippen molar-refractivity contribution in [2.24, 2.45) is 0 Å². The topological polar surface area (TPSA) is 35.2 Å². The van der Waals surface area contributed by atoms with E-state index in [1.807, 2.05) is 18.2 Å². The van der Waals surface area contributed by atoms with Crippen LogP contribution < -0.4 is 10.5 Å². The third-order valence-electron chi connectivity index (χ3n) is 1.84. The Morgan fingerprint density at radius 1 is 1.50 bits per heavy atom. The zero-order valence-corrected chi connectivity index (χ0v) is 9.75. The zero-order chi connectivity index (χ0) is 10.4. The van der Waals surface area contributed by atoms with Crippen molar-refractivity contribution >= 4 is 27.7 Å². The summed E-state index contributed by atoms with van der Waals surface area (Å²) < 4.78 is 5.12. The quantitative estimate of drug-likeness (QED) is 0.663. The molecule has 2 N–H and O–H groups in total. The average Bonchev–Trinajstić information content (AvgIpc) is 2.21. The normalized spacial score (nSPS) is 10.7. The molecular formula is C11H14BrNO. The van der Waals surface area contributed by atoms with E-state index in [4.69, 9.17) is 10.5 Å². The number of alkyl halides is 1. The Kier molecular flexibility index (Phi) is 4.53. The van der Waals surface area contributed by atoms with Crippen LogP contribution in [0.5, 0.6) is 5.75 Å². The van der Waals surface area contributed by atoms with E-state index in [1.54, 1.807) is 7.11 Å². The molecule has 0 saturated carbocycles. The van der Waals surface area contributed by atoms with Gasteiger partial charge in [0.15, 0.2) is 0 Å². The van der Waals surface area contributed by atoms with Crippen molar-refractivity contribution in [2.45, 2.75) is 6.42 Å². The Morgan fingerprint density at radius 3 is 2.93 bits per heavy atom. The second-order valence-electron chi connectivity index (χ2n) is 2.88. The van der Waals surface area contributed by atoms with Gasteiger partial charge in [0, 0.05) is 5.33 Å². The number of allylic oxidation sites excluding steroid dienone is 1. The molecule has 0 atom stereocenters. The van der Waals surface area contributed by atoms with Crippen molar-refractivity contribution in [2.75, 3.05) is 18.2 Å². The van der Waals surface area contributed by atoms with Crippen molar-refractivity contribution in [3.05, 3.63) is 29.8 Å². The number of rotatable bonds is 4. The van der Waals surface area contributed by atoms with Crippen molar-refractivity contribution in [3.8, 4) is 5.75 Å². The Hall–Kier alpha value is -0.960. The van der Waals surface area contributed by atoms with Gasteiger partial charge in [-0.2, -0.15) is 0 Å². The van der Waals surface area contributed by atoms with Gasteiger partial charge in [-0.05, 0) is 24.1 Å². The van der Waals surface area contributed by atoms with Crippen LogP contribution in [0.25, 0.3) is 6.08 Å². The molecular weight excluding hydrogens is 242 g/mol. The van der Waals surface area contributed by atoms with Crippen LogP contribution in [0.1, 0.15) is 12.0 Å². The summed E-state index contributed by atoms with van der Waals surface area (Å²) in [5.41, 5.74) is 7.48. The highest BCUT2D eigenvalue weighted by Gasteiger charge is 1.97. The first kappa shape index (κ1) is 11.1. The third-order valence-corrected chi connectivity index (χ3v) is 2.30. The smallest absolute Gasteiger partial charge is 0.142 e. The Morgan fingerprint density at radius 2 is 2.29 bits per heavy atom. The number of benzene rings is 1. The molecule has 0 aliphatic rings. The fraction of sp³-hybridized carbons (Fsp3) is 0.273. The van der Waals surface area contributed by atoms with Gasteiger partial charge >= 0.3 is 0 Å². The molecule has 0 unspecified atom stereocenters. The molecule has 0 radical (unpaired) electrons. The summed E-state index contributed by atoms with van der Waals surface area (Å²) in [7, 11) is 1.62. The van der Waals surface area contributed by atoms with Gasteiger partial charge in [0.25, 0.3) is 0 Å². The standard InChI is InChI=1S/C11H14BrNO/c1-14-11-8-9(4-2-3-7-12)5-6-10(11)13/h2,4-6,8H,3,7,13H2,1H3. The number of nitrogens with two attached hydrogens (primary N) is 1. The fourth-order valence-electron chi connectivity index (χ4n) is 1.11. The van der Waals surface area contributed by atoms with Crippen LogP contribution in [0.2, 0.25) is 0 Å². The summed E-state index contributed by atoms with van der Waals surface area (Å²) in [5.74, 6) is 0.728. The number of ether oxygens (including phenoxy) is 1. The molecule has 0 saturated heterocycles. The number of hydrogen-bond donors (Lipinski definition) is 1. The van der Waals surface area contributed by atoms with Crippen LogP contribution >= 0.6 is 15.9 Å². The van der Waals surface area contributed by atoms with Crippen molar-refractivity contribution in [1.82, 2.24) is 0 Å². The average molecular weight is 256 g/mol. The van der Waals surface area contributed by atoms with E-state index >= 15 is 0 Å². The largest absolute Gasteiger partial charge is 0.495 e. The highest BCUT2D eigenvalue weighted by Crippen LogP contribution is 2.22. The molecule has 1 rings (SSSR count). The summed E-state index contributed by atoms with van der Waals surface area (Å²) in [6, 6.07) is 5.76. The van der Waals surface area contributed by atoms with Crippen LogP contribution in [0.4, 0.5) is 5.69 Å². The van der Waals surface area contributed by atoms with E-state index in [9.17, 15) is 0 Å². The molecule has 0 aliphatic heterocycles. The van der Waals surface area contributed by atoms with Gasteiger partial charge in [0.05, 0.1) is 12.8 Å². The molecule has 1 aromatic rings. The molecule has 76 valence electrons. The SMILES string of the molecule is COc1cc(C=CCCBr)ccc1N. The van der Waals surface area contributed by atoms with Gasteiger partial charge in [-0.3, -0.25) is 0 Å². The molecule has 1 aromatic carbocycles. The summed E-state index contributed by atoms with van der Waals surface area (Å²) in [6.07, 6.45) is 5.19. The van der Waals surface area contributed by atoms with E-state index in [-0.39, 0.29) is 0 Å². The van der Waals surface area contributed by atoms with Gasteiger partial charge < -0.3 is 10.5 Å². The van der Waals surface area contributed by atoms with Crippen molar-refractivity contribution in [1.29, 1.82) is 0 Å². The summed E-state index contributed by atoms with van der Waals surface area (Å²) in [4.78, 5) is 0. The molecule has 0 fully saturated rings. The lowest BCUT2D eigenvalue weighted by Crippen LogP contribution is -1.91. The highest BCUT2D eigenvalue weighted by molar-refractivity contribution is 9.09. The first-order valence-electron chi connectivity index (χ1n) is 4.44. The Bertz CT molecular complexity index is 323. The lowest BCUT2D eigenvalue weighted by molar-refractivity contribution is 0.417. The van der Waals surface area contributed by atoms with Crippen molar-refractivity contribution < 1.29 is 4.74 Å². The van der Waals surface area contributed by atoms with E-state index < -0.39 is 0 Å². The maximum absolute atomic E-state index is 5.70. The van der Waals surface area contributed by atoms with Crippen LogP contribution in [-0.4, -0.2) is 12.4 Å². The van der Waals surface area contributed by atoms with Gasteiger partial charge in [-0.15, -0.1) is 0 Å². The molecule has 0 aliphatic carbocycles. The van der Waals surface area contributed by atoms with E-state index in [1.165, 1.54) is 0 Å². The molecule has 0 amide bonds. The lowest BCUT2D eigenvalue weighted by Gasteiger charge is -2.04. The minimum Gasteiger partial charge on any atom is -0.495 e. The second-order valence-corrected chi connectivity index (χ2v) is 3.67. The minimum absolute atomic E-state index is 0.671. The molecule has 0 heterocycles. The second kappa shape index (κ2) is 5.70. The monoisotopic (exact) mass is 255 g/mol. The Balaban J connectivity index is 2.79. The molecule has 0 aromatic heterocycles. The first-order chi connectivity index (χ1) is 6.77. The number of hydrogen-bond acceptors (Lipinski definition) is 2. The molecule has 0 spiro atoms. The summed E-state index contributed by atoms with van der Waals surface area (Å²) in [5, 5.41) is 0.982. The predicted octanol–water partition coefficient (Wildman–Crippen LogP) is 3.08. The van der Waals surface area contributed by atoms with Crippen LogP contribution in [-0.2, 0) is 0 Å². The number of halogens is 1. The maximum atomic E-state index is 5.70. The van der Waals surface area contributed by atoms with E-state index in [0.717, 1.165) is 23.1 Å². The lowest BCUT2D eigenvalue weighted by atomic mass is 10.1. The molecule has 14 heavy (non-hydrogen) atoms. The summed E-state index contributed by atoms with van der Waals surface area (Å²) >= 11 is 3.37. The van der Waals surface area contributed by atoms with Gasteiger partial charge in [0.2, 0.25) is 0 Å². The predicted molar refractivity (Wildman–Crippen MR) is 64.9 cm³/mol. The van der Waals surface area contributed by atoms with Gasteiger partial charge in [-0.25, -0.2) is 0 Å². The van der Waals surface area contributed by atoms with Crippen molar-refractivity contribution in [3.63, 3.8) is 0 Å². The first-order valence-corrected chi connectivity index (χ1v) is 5.56. The van der Waals surface area contributed by atoms with Gasteiger partial charge in [0.1, 0.15) is 5.75 Å². The van der Waals surface area contributed by atoms with E-state index in [2.05, 4.69) is 28.1 Å². The highest BCUT2D eigenvalue weighted by atomic mass is 79.9. The maximum Gasteiger partial charge on any atom is 0.142 e.